The molecular weight excluding hydrogens is 643 g/mol. The minimum Gasteiger partial charge on any atom is -0.460 e. The summed E-state index contributed by atoms with van der Waals surface area (Å²) in [4.78, 5) is 54.5. The Morgan fingerprint density at radius 2 is 1.76 bits per heavy atom. The van der Waals surface area contributed by atoms with Crippen molar-refractivity contribution in [2.45, 2.75) is 116 Å². The van der Waals surface area contributed by atoms with Gasteiger partial charge in [-0.2, -0.15) is 0 Å². The van der Waals surface area contributed by atoms with Crippen molar-refractivity contribution in [1.29, 1.82) is 0 Å². The number of rotatable bonds is 19. The number of esters is 1. The minimum atomic E-state index is -2.43. The summed E-state index contributed by atoms with van der Waals surface area (Å²) in [6.07, 6.45) is 15.1. The van der Waals surface area contributed by atoms with E-state index in [1.54, 1.807) is 7.11 Å². The number of hydrogen-bond donors (Lipinski definition) is 0. The van der Waals surface area contributed by atoms with Crippen molar-refractivity contribution < 1.29 is 42.6 Å². The molecule has 0 aromatic heterocycles. The van der Waals surface area contributed by atoms with Gasteiger partial charge < -0.3 is 28.3 Å². The molecule has 1 amide bonds. The maximum Gasteiger partial charge on any atom is 0.329 e. The van der Waals surface area contributed by atoms with Gasteiger partial charge in [0.25, 0.3) is 11.7 Å². The molecule has 0 aliphatic carbocycles. The van der Waals surface area contributed by atoms with Crippen LogP contribution in [0.5, 0.6) is 0 Å². The van der Waals surface area contributed by atoms with Gasteiger partial charge in [0.15, 0.2) is 14.1 Å². The lowest BCUT2D eigenvalue weighted by molar-refractivity contribution is -0.256. The number of methoxy groups -OCH3 is 2. The Morgan fingerprint density at radius 3 is 2.39 bits per heavy atom. The molecule has 0 aromatic rings. The zero-order chi connectivity index (χ0) is 36.8. The van der Waals surface area contributed by atoms with Crippen LogP contribution in [-0.4, -0.2) is 94.7 Å². The van der Waals surface area contributed by atoms with Gasteiger partial charge in [0.2, 0.25) is 5.79 Å². The molecule has 0 N–H and O–H groups in total. The van der Waals surface area contributed by atoms with Gasteiger partial charge in [-0.15, -0.1) is 0 Å². The third kappa shape index (κ3) is 12.8. The summed E-state index contributed by atoms with van der Waals surface area (Å²) in [6.45, 7) is 17.8. The number of amides is 1. The van der Waals surface area contributed by atoms with Crippen LogP contribution in [0.15, 0.2) is 48.6 Å². The highest BCUT2D eigenvalue weighted by molar-refractivity contribution is 6.70. The summed E-state index contributed by atoms with van der Waals surface area (Å²) in [7, 11) is 0.753. The van der Waals surface area contributed by atoms with E-state index in [1.165, 1.54) is 18.1 Å². The lowest BCUT2D eigenvalue weighted by Gasteiger charge is -2.48. The maximum absolute atomic E-state index is 14.3. The van der Waals surface area contributed by atoms with Crippen molar-refractivity contribution in [3.63, 3.8) is 0 Å². The van der Waals surface area contributed by atoms with Crippen molar-refractivity contribution in [3.8, 4) is 0 Å². The molecule has 2 fully saturated rings. The second-order valence-electron chi connectivity index (χ2n) is 14.5. The van der Waals surface area contributed by atoms with Gasteiger partial charge in [-0.05, 0) is 76.6 Å². The highest BCUT2D eigenvalue weighted by Gasteiger charge is 2.56. The van der Waals surface area contributed by atoms with E-state index >= 15 is 0 Å². The Kier molecular flexibility index (Phi) is 17.5. The van der Waals surface area contributed by atoms with Gasteiger partial charge in [0, 0.05) is 39.0 Å². The first-order valence-electron chi connectivity index (χ1n) is 17.7. The second-order valence-corrected chi connectivity index (χ2v) is 18.9. The standard InChI is InChI=1S/C38H61NO9Si/c1-11-23-46-37(43)32-19-15-16-22-39(32)36(42)35(41)38(48-49(8,9)10)30(5)20-21-31(47-38)25-34(45-7)28(3)18-14-12-13-17-27(2)24-29(4)33(40)26-44-6/h11-14,17-18,27,29-32,34H,1,15-16,19-26H2,2-10H3/b14-12+,17-13+,28-18+/t27-,29-,30-,31+,32+,34+,38+/m1/s1. The quantitative estimate of drug-likeness (QED) is 0.0497. The number of nitrogens with zero attached hydrogens (tertiary/aromatic N) is 1. The summed E-state index contributed by atoms with van der Waals surface area (Å²) < 4.78 is 29.3. The fraction of sp³-hybridized carbons (Fsp3) is 0.684. The number of hydrogen-bond acceptors (Lipinski definition) is 9. The van der Waals surface area contributed by atoms with Gasteiger partial charge in [0.1, 0.15) is 19.3 Å². The summed E-state index contributed by atoms with van der Waals surface area (Å²) in [5, 5.41) is 0. The fourth-order valence-corrected chi connectivity index (χ4v) is 7.70. The van der Waals surface area contributed by atoms with Crippen LogP contribution in [0.3, 0.4) is 0 Å². The number of ketones is 2. The van der Waals surface area contributed by atoms with Gasteiger partial charge in [-0.3, -0.25) is 14.4 Å². The molecular formula is C38H61NO9Si. The highest BCUT2D eigenvalue weighted by Crippen LogP contribution is 2.41. The Morgan fingerprint density at radius 1 is 1.04 bits per heavy atom. The van der Waals surface area contributed by atoms with E-state index in [1.807, 2.05) is 64.7 Å². The number of allylic oxidation sites excluding steroid dienone is 5. The fourth-order valence-electron chi connectivity index (χ4n) is 6.45. The molecule has 2 heterocycles. The molecule has 2 rings (SSSR count). The van der Waals surface area contributed by atoms with Crippen molar-refractivity contribution >= 4 is 31.8 Å². The topological polar surface area (TPSA) is 118 Å². The van der Waals surface area contributed by atoms with Gasteiger partial charge in [-0.1, -0.05) is 63.8 Å². The SMILES string of the molecule is C=CCOC(=O)[C@@H]1CCCCN1C(=O)C(=O)[C@]1(O[Si](C)(C)C)O[C@H](C[C@H](OC)/C(C)=C/C=C/C=C/[C@@H](C)C[C@@H](C)C(=O)COC)CC[C@H]1C. The molecule has 2 saturated heterocycles. The molecule has 276 valence electrons. The van der Waals surface area contributed by atoms with Crippen LogP contribution >= 0.6 is 0 Å². The van der Waals surface area contributed by atoms with Crippen LogP contribution in [-0.2, 0) is 42.6 Å². The Hall–Kier alpha value is -2.70. The van der Waals surface area contributed by atoms with Crippen LogP contribution in [0.4, 0.5) is 0 Å². The van der Waals surface area contributed by atoms with Crippen LogP contribution in [0.25, 0.3) is 0 Å². The summed E-state index contributed by atoms with van der Waals surface area (Å²) >= 11 is 0. The van der Waals surface area contributed by atoms with E-state index in [0.717, 1.165) is 18.4 Å². The Bertz CT molecular complexity index is 1220. The van der Waals surface area contributed by atoms with Crippen LogP contribution in [0, 0.1) is 17.8 Å². The van der Waals surface area contributed by atoms with E-state index < -0.39 is 43.9 Å². The van der Waals surface area contributed by atoms with E-state index in [0.29, 0.717) is 32.1 Å². The molecule has 0 aromatic carbocycles. The second kappa shape index (κ2) is 20.2. The third-order valence-electron chi connectivity index (χ3n) is 9.11. The number of carbonyl (C=O) groups is 4. The summed E-state index contributed by atoms with van der Waals surface area (Å²) in [6, 6.07) is -0.839. The first kappa shape index (κ1) is 42.5. The zero-order valence-electron chi connectivity index (χ0n) is 31.3. The van der Waals surface area contributed by atoms with Crippen molar-refractivity contribution in [1.82, 2.24) is 4.90 Å². The smallest absolute Gasteiger partial charge is 0.329 e. The van der Waals surface area contributed by atoms with Gasteiger partial charge in [-0.25, -0.2) is 4.79 Å². The predicted octanol–water partition coefficient (Wildman–Crippen LogP) is 6.37. The number of piperidine rings is 1. The number of carbonyl (C=O) groups excluding carboxylic acids is 4. The lowest BCUT2D eigenvalue weighted by atomic mass is 9.85. The van der Waals surface area contributed by atoms with E-state index in [2.05, 4.69) is 19.6 Å². The van der Waals surface area contributed by atoms with Crippen LogP contribution in [0.1, 0.15) is 72.6 Å². The normalized spacial score (nSPS) is 25.6. The summed E-state index contributed by atoms with van der Waals surface area (Å²) in [5.74, 6) is -3.93. The monoisotopic (exact) mass is 703 g/mol. The van der Waals surface area contributed by atoms with Crippen LogP contribution in [0.2, 0.25) is 19.6 Å². The van der Waals surface area contributed by atoms with Gasteiger partial charge in [0.05, 0.1) is 12.2 Å². The number of ether oxygens (including phenoxy) is 4. The van der Waals surface area contributed by atoms with Crippen molar-refractivity contribution in [3.05, 3.63) is 48.6 Å². The van der Waals surface area contributed by atoms with Gasteiger partial charge >= 0.3 is 5.97 Å². The largest absolute Gasteiger partial charge is 0.460 e. The Balaban J connectivity index is 2.21. The average Bonchev–Trinajstić information content (AvgIpc) is 3.05. The zero-order valence-corrected chi connectivity index (χ0v) is 32.3. The molecule has 2 aliphatic rings. The third-order valence-corrected chi connectivity index (χ3v) is 10.0. The maximum atomic E-state index is 14.3. The number of Topliss-reactive ketones (excluding diaryl/α,β-unsaturated/α-hetero) is 2. The first-order valence-corrected chi connectivity index (χ1v) is 21.1. The number of likely N-dealkylation sites (tertiary alicyclic amines) is 1. The van der Waals surface area contributed by atoms with Crippen molar-refractivity contribution in [2.24, 2.45) is 17.8 Å². The predicted molar refractivity (Wildman–Crippen MR) is 193 cm³/mol. The summed E-state index contributed by atoms with van der Waals surface area (Å²) in [5.41, 5.74) is 0.981. The molecule has 0 bridgehead atoms. The molecule has 0 radical (unpaired) electrons. The lowest BCUT2D eigenvalue weighted by Crippen LogP contribution is -2.64. The molecule has 0 unspecified atom stereocenters. The molecule has 49 heavy (non-hydrogen) atoms. The highest BCUT2D eigenvalue weighted by atomic mass is 28.4. The minimum absolute atomic E-state index is 0.0360. The molecule has 0 saturated carbocycles. The average molecular weight is 704 g/mol. The van der Waals surface area contributed by atoms with E-state index in [4.69, 9.17) is 23.4 Å². The van der Waals surface area contributed by atoms with E-state index in [-0.39, 0.29) is 49.4 Å². The molecule has 10 nitrogen and oxygen atoms in total. The molecule has 11 heteroatoms. The van der Waals surface area contributed by atoms with Crippen molar-refractivity contribution in [2.75, 3.05) is 34.0 Å². The molecule has 0 spiro atoms. The van der Waals surface area contributed by atoms with Crippen LogP contribution < -0.4 is 0 Å². The van der Waals surface area contributed by atoms with E-state index in [9.17, 15) is 19.2 Å². The molecule has 7 atom stereocenters. The molecule has 2 aliphatic heterocycles. The first-order chi connectivity index (χ1) is 23.1. The Labute approximate surface area is 295 Å².